The zero-order valence-electron chi connectivity index (χ0n) is 3.69. The molecule has 0 unspecified atom stereocenters. The van der Waals surface area contributed by atoms with E-state index in [-0.39, 0.29) is 29.6 Å². The molecule has 0 bridgehead atoms. The van der Waals surface area contributed by atoms with Crippen molar-refractivity contribution in [3.63, 3.8) is 0 Å². The fourth-order valence-corrected chi connectivity index (χ4v) is 0.656. The van der Waals surface area contributed by atoms with Gasteiger partial charge in [-0.25, -0.2) is 0 Å². The average molecular weight is 180 g/mol. The molecule has 0 aliphatic rings. The second-order valence-electron chi connectivity index (χ2n) is 1.21. The van der Waals surface area contributed by atoms with Crippen molar-refractivity contribution < 1.29 is 0 Å². The quantitative estimate of drug-likeness (QED) is 0.532. The van der Waals surface area contributed by atoms with E-state index < -0.39 is 0 Å². The van der Waals surface area contributed by atoms with Crippen LogP contribution in [0.5, 0.6) is 0 Å². The van der Waals surface area contributed by atoms with Gasteiger partial charge in [0.2, 0.25) is 0 Å². The first-order chi connectivity index (χ1) is 3.39. The number of hydrogen-bond donors (Lipinski definition) is 0. The van der Waals surface area contributed by atoms with Gasteiger partial charge in [-0.15, -0.1) is 0 Å². The van der Waals surface area contributed by atoms with Crippen LogP contribution in [-0.4, -0.2) is 29.6 Å². The minimum absolute atomic E-state index is 0. The van der Waals surface area contributed by atoms with Crippen molar-refractivity contribution in [2.75, 3.05) is 0 Å². The molecule has 0 spiro atoms. The third-order valence-electron chi connectivity index (χ3n) is 0.671. The Morgan fingerprint density at radius 3 is 2.38 bits per heavy atom. The van der Waals surface area contributed by atoms with Crippen molar-refractivity contribution in [2.24, 2.45) is 0 Å². The van der Waals surface area contributed by atoms with Crippen molar-refractivity contribution >= 4 is 45.5 Å². The van der Waals surface area contributed by atoms with Gasteiger partial charge in [0.25, 0.3) is 0 Å². The van der Waals surface area contributed by atoms with Gasteiger partial charge >= 0.3 is 29.6 Å². The minimum atomic E-state index is 0. The molecule has 8 heavy (non-hydrogen) atoms. The monoisotopic (exact) mass is 179 g/mol. The predicted molar refractivity (Wildman–Crippen MR) is 40.1 cm³/mol. The molecule has 0 fully saturated rings. The summed E-state index contributed by atoms with van der Waals surface area (Å²) in [7, 11) is 0. The summed E-state index contributed by atoms with van der Waals surface area (Å²) in [6.07, 6.45) is 0. The van der Waals surface area contributed by atoms with Crippen molar-refractivity contribution in [3.8, 4) is 0 Å². The molecule has 0 atom stereocenters. The van der Waals surface area contributed by atoms with Gasteiger partial charge in [-0.1, -0.05) is 34.1 Å². The van der Waals surface area contributed by atoms with Crippen LogP contribution in [-0.2, 0) is 0 Å². The van der Waals surface area contributed by atoms with Crippen LogP contribution >= 0.6 is 15.9 Å². The van der Waals surface area contributed by atoms with Gasteiger partial charge in [-0.2, -0.15) is 0 Å². The molecule has 2 heteroatoms. The molecule has 1 aromatic carbocycles. The van der Waals surface area contributed by atoms with Crippen LogP contribution in [0.3, 0.4) is 0 Å². The van der Waals surface area contributed by atoms with Gasteiger partial charge < -0.3 is 0 Å². The first-order valence-electron chi connectivity index (χ1n) is 2.02. The van der Waals surface area contributed by atoms with E-state index in [1.165, 1.54) is 0 Å². The van der Waals surface area contributed by atoms with Gasteiger partial charge in [-0.05, 0) is 12.1 Å². The third-order valence-corrected chi connectivity index (χ3v) is 1.16. The summed E-state index contributed by atoms with van der Waals surface area (Å²) in [5.41, 5.74) is 0. The van der Waals surface area contributed by atoms with E-state index in [4.69, 9.17) is 0 Å². The zero-order valence-corrected chi connectivity index (χ0v) is 5.27. The number of halogens is 1. The Morgan fingerprint density at radius 1 is 1.38 bits per heavy atom. The van der Waals surface area contributed by atoms with Gasteiger partial charge in [0.1, 0.15) is 0 Å². The number of hydrogen-bond acceptors (Lipinski definition) is 0. The summed E-state index contributed by atoms with van der Waals surface area (Å²) >= 11 is 3.26. The molecule has 0 saturated carbocycles. The van der Waals surface area contributed by atoms with Crippen LogP contribution in [0, 0.1) is 6.07 Å². The van der Waals surface area contributed by atoms with Crippen molar-refractivity contribution in [3.05, 3.63) is 34.8 Å². The van der Waals surface area contributed by atoms with Crippen LogP contribution < -0.4 is 0 Å². The summed E-state index contributed by atoms with van der Waals surface area (Å²) in [5, 5.41) is 0. The Hall–Kier alpha value is 0.700. The fraction of sp³-hybridized carbons (Fsp3) is 0. The third kappa shape index (κ3) is 2.88. The normalized spacial score (nSPS) is 7.62. The molecule has 1 radical (unpaired) electrons. The fourth-order valence-electron chi connectivity index (χ4n) is 0.371. The van der Waals surface area contributed by atoms with Gasteiger partial charge in [-0.3, -0.25) is 0 Å². The molecule has 0 N–H and O–H groups in total. The van der Waals surface area contributed by atoms with Gasteiger partial charge in [0.15, 0.2) is 0 Å². The van der Waals surface area contributed by atoms with Crippen LogP contribution in [0.25, 0.3) is 0 Å². The standard InChI is InChI=1S/C6H4Br.Na.H/c7-6-4-2-1-3-5-6;;/h1-4H;;. The van der Waals surface area contributed by atoms with E-state index in [1.54, 1.807) is 0 Å². The van der Waals surface area contributed by atoms with E-state index in [1.807, 2.05) is 24.3 Å². The summed E-state index contributed by atoms with van der Waals surface area (Å²) in [5.74, 6) is 0. The van der Waals surface area contributed by atoms with E-state index in [9.17, 15) is 0 Å². The second kappa shape index (κ2) is 4.57. The Balaban J connectivity index is 0.000000490. The maximum atomic E-state index is 3.26. The summed E-state index contributed by atoms with van der Waals surface area (Å²) in [6.45, 7) is 0. The van der Waals surface area contributed by atoms with E-state index in [0.29, 0.717) is 0 Å². The van der Waals surface area contributed by atoms with Gasteiger partial charge in [0, 0.05) is 4.47 Å². The van der Waals surface area contributed by atoms with E-state index in [2.05, 4.69) is 22.0 Å². The van der Waals surface area contributed by atoms with Crippen LogP contribution in [0.1, 0.15) is 0 Å². The topological polar surface area (TPSA) is 0 Å². The van der Waals surface area contributed by atoms with Crippen molar-refractivity contribution in [1.29, 1.82) is 0 Å². The van der Waals surface area contributed by atoms with Gasteiger partial charge in [0.05, 0.1) is 0 Å². The van der Waals surface area contributed by atoms with Crippen molar-refractivity contribution in [2.45, 2.75) is 0 Å². The maximum absolute atomic E-state index is 3.26. The molecule has 37 valence electrons. The molecule has 1 aromatic rings. The Morgan fingerprint density at radius 2 is 2.12 bits per heavy atom. The molecule has 1 rings (SSSR count). The van der Waals surface area contributed by atoms with E-state index >= 15 is 0 Å². The number of benzene rings is 1. The first-order valence-corrected chi connectivity index (χ1v) is 2.81. The summed E-state index contributed by atoms with van der Waals surface area (Å²) in [4.78, 5) is 0. The second-order valence-corrected chi connectivity index (χ2v) is 2.06. The molecule has 0 heterocycles. The molecule has 0 aromatic heterocycles. The zero-order chi connectivity index (χ0) is 5.11. The summed E-state index contributed by atoms with van der Waals surface area (Å²) < 4.78 is 1.01. The van der Waals surface area contributed by atoms with Crippen LogP contribution in [0.15, 0.2) is 28.7 Å². The molecule has 0 nitrogen and oxygen atoms in total. The first kappa shape index (κ1) is 8.70. The molecule has 0 aliphatic heterocycles. The molecule has 0 amide bonds. The SMILES string of the molecule is Brc1[c]cccc1.[NaH]. The van der Waals surface area contributed by atoms with E-state index in [0.717, 1.165) is 4.47 Å². The molecular formula is C6H5BrNa. The molecular weight excluding hydrogens is 175 g/mol. The predicted octanol–water partition coefficient (Wildman–Crippen LogP) is 1.60. The summed E-state index contributed by atoms with van der Waals surface area (Å²) in [6, 6.07) is 10.7. The average Bonchev–Trinajstić information content (AvgIpc) is 1.69. The Labute approximate surface area is 79.7 Å². The van der Waals surface area contributed by atoms with Crippen molar-refractivity contribution in [1.82, 2.24) is 0 Å². The molecule has 0 saturated heterocycles. The molecule has 0 aliphatic carbocycles. The van der Waals surface area contributed by atoms with Crippen LogP contribution in [0.2, 0.25) is 0 Å². The Bertz CT molecular complexity index is 138. The Kier molecular flexibility index (Phi) is 4.97. The number of rotatable bonds is 0. The van der Waals surface area contributed by atoms with Crippen LogP contribution in [0.4, 0.5) is 0 Å².